The van der Waals surface area contributed by atoms with Crippen molar-refractivity contribution in [1.29, 1.82) is 0 Å². The second-order valence-corrected chi connectivity index (χ2v) is 17.5. The molecule has 1 saturated carbocycles. The molecule has 0 radical (unpaired) electrons. The van der Waals surface area contributed by atoms with Crippen molar-refractivity contribution in [3.05, 3.63) is 65.4 Å². The molecule has 0 bridgehead atoms. The van der Waals surface area contributed by atoms with Crippen molar-refractivity contribution in [1.82, 2.24) is 9.78 Å². The maximum atomic E-state index is 7.64. The molecule has 0 spiro atoms. The Kier molecular flexibility index (Phi) is 7.45. The first-order valence-electron chi connectivity index (χ1n) is 15.1. The second kappa shape index (κ2) is 10.2. The molecular weight excluding hydrogens is 499 g/mol. The SMILES string of the molecule is CC[C@]12Cc3cnn(-c4ccccc4)c3C=C1CC[C@]2(C=CB1OC(C)(C)C(C)(C)O1)O[Si](CC)(CC)CC. The molecule has 1 aliphatic heterocycles. The average molecular weight is 547 g/mol. The molecule has 0 amide bonds. The lowest BCUT2D eigenvalue weighted by molar-refractivity contribution is 0.00578. The number of para-hydroxylation sites is 1. The van der Waals surface area contributed by atoms with Gasteiger partial charge in [-0.05, 0) is 95.3 Å². The minimum atomic E-state index is -1.95. The molecule has 2 aliphatic carbocycles. The minimum Gasteiger partial charge on any atom is -0.407 e. The van der Waals surface area contributed by atoms with Crippen LogP contribution in [0.2, 0.25) is 18.1 Å². The van der Waals surface area contributed by atoms with Gasteiger partial charge in [0.25, 0.3) is 0 Å². The molecule has 2 heterocycles. The third-order valence-corrected chi connectivity index (χ3v) is 15.3. The normalized spacial score (nSPS) is 27.6. The van der Waals surface area contributed by atoms with E-state index in [1.807, 2.05) is 0 Å². The van der Waals surface area contributed by atoms with Crippen LogP contribution in [0.1, 0.15) is 85.9 Å². The van der Waals surface area contributed by atoms with Gasteiger partial charge < -0.3 is 13.7 Å². The lowest BCUT2D eigenvalue weighted by Crippen LogP contribution is -2.55. The van der Waals surface area contributed by atoms with E-state index in [1.54, 1.807) is 0 Å². The highest BCUT2D eigenvalue weighted by Crippen LogP contribution is 2.61. The summed E-state index contributed by atoms with van der Waals surface area (Å²) in [6.07, 6.45) is 10.9. The number of rotatable bonds is 9. The van der Waals surface area contributed by atoms with Gasteiger partial charge in [-0.25, -0.2) is 4.68 Å². The second-order valence-electron chi connectivity index (χ2n) is 12.8. The van der Waals surface area contributed by atoms with E-state index in [2.05, 4.69) is 115 Å². The minimum absolute atomic E-state index is 0.109. The molecule has 2 aromatic rings. The molecule has 1 aromatic heterocycles. The van der Waals surface area contributed by atoms with Gasteiger partial charge in [-0.1, -0.05) is 63.5 Å². The largest absolute Gasteiger partial charge is 0.486 e. The third kappa shape index (κ3) is 4.54. The Bertz CT molecular complexity index is 1230. The molecule has 2 fully saturated rings. The molecule has 0 unspecified atom stereocenters. The van der Waals surface area contributed by atoms with Gasteiger partial charge in [0.15, 0.2) is 8.32 Å². The van der Waals surface area contributed by atoms with Crippen molar-refractivity contribution in [2.75, 3.05) is 0 Å². The predicted molar refractivity (Wildman–Crippen MR) is 163 cm³/mol. The Balaban J connectivity index is 1.59. The van der Waals surface area contributed by atoms with E-state index in [0.717, 1.165) is 49.5 Å². The maximum Gasteiger partial charge on any atom is 0.486 e. The summed E-state index contributed by atoms with van der Waals surface area (Å²) < 4.78 is 22.6. The van der Waals surface area contributed by atoms with Gasteiger partial charge in [0, 0.05) is 5.41 Å². The van der Waals surface area contributed by atoms with E-state index in [0.29, 0.717) is 0 Å². The highest BCUT2D eigenvalue weighted by atomic mass is 28.4. The summed E-state index contributed by atoms with van der Waals surface area (Å²) in [6.45, 7) is 17.8. The summed E-state index contributed by atoms with van der Waals surface area (Å²) in [5, 5.41) is 4.85. The van der Waals surface area contributed by atoms with Crippen LogP contribution in [-0.2, 0) is 20.2 Å². The molecule has 7 heteroatoms. The van der Waals surface area contributed by atoms with E-state index < -0.39 is 13.9 Å². The summed E-state index contributed by atoms with van der Waals surface area (Å²) in [4.78, 5) is 0. The molecular formula is C32H47BN2O3Si. The number of fused-ring (bicyclic) bond motifs is 2. The van der Waals surface area contributed by atoms with Crippen molar-refractivity contribution in [2.45, 2.75) is 116 Å². The Morgan fingerprint density at radius 3 is 2.23 bits per heavy atom. The molecule has 2 atom stereocenters. The Morgan fingerprint density at radius 2 is 1.64 bits per heavy atom. The molecule has 0 N–H and O–H groups in total. The fraction of sp³-hybridized carbons (Fsp3) is 0.594. The predicted octanol–water partition coefficient (Wildman–Crippen LogP) is 7.95. The first kappa shape index (κ1) is 28.6. The van der Waals surface area contributed by atoms with Gasteiger partial charge in [-0.3, -0.25) is 0 Å². The fourth-order valence-electron chi connectivity index (χ4n) is 7.12. The first-order chi connectivity index (χ1) is 18.5. The van der Waals surface area contributed by atoms with Crippen LogP contribution in [0.15, 0.2) is 54.2 Å². The average Bonchev–Trinajstić information content (AvgIpc) is 3.54. The number of aromatic nitrogens is 2. The van der Waals surface area contributed by atoms with Crippen molar-refractivity contribution < 1.29 is 13.7 Å². The van der Waals surface area contributed by atoms with Crippen LogP contribution in [0.3, 0.4) is 0 Å². The van der Waals surface area contributed by atoms with Gasteiger partial charge in [0.05, 0.1) is 34.4 Å². The third-order valence-electron chi connectivity index (χ3n) is 10.6. The van der Waals surface area contributed by atoms with Crippen LogP contribution in [0.5, 0.6) is 0 Å². The zero-order valence-corrected chi connectivity index (χ0v) is 26.3. The molecule has 3 aliphatic rings. The van der Waals surface area contributed by atoms with Crippen LogP contribution in [0.4, 0.5) is 0 Å². The molecule has 39 heavy (non-hydrogen) atoms. The fourth-order valence-corrected chi connectivity index (χ4v) is 10.2. The van der Waals surface area contributed by atoms with E-state index in [9.17, 15) is 0 Å². The Morgan fingerprint density at radius 1 is 1.00 bits per heavy atom. The van der Waals surface area contributed by atoms with Crippen LogP contribution in [-0.4, -0.2) is 42.0 Å². The van der Waals surface area contributed by atoms with Crippen LogP contribution in [0, 0.1) is 5.41 Å². The molecule has 1 aromatic carbocycles. The van der Waals surface area contributed by atoms with E-state index in [4.69, 9.17) is 18.8 Å². The van der Waals surface area contributed by atoms with Gasteiger partial charge >= 0.3 is 7.12 Å². The van der Waals surface area contributed by atoms with Crippen LogP contribution >= 0.6 is 0 Å². The molecule has 1 saturated heterocycles. The highest BCUT2D eigenvalue weighted by molar-refractivity contribution is 6.73. The van der Waals surface area contributed by atoms with Gasteiger partial charge in [-0.2, -0.15) is 5.10 Å². The van der Waals surface area contributed by atoms with E-state index >= 15 is 0 Å². The zero-order chi connectivity index (χ0) is 28.1. The monoisotopic (exact) mass is 546 g/mol. The number of hydrogen-bond acceptors (Lipinski definition) is 4. The first-order valence-corrected chi connectivity index (χ1v) is 17.6. The molecule has 210 valence electrons. The Labute approximate surface area is 237 Å². The van der Waals surface area contributed by atoms with Crippen LogP contribution < -0.4 is 0 Å². The van der Waals surface area contributed by atoms with Gasteiger partial charge in [-0.15, -0.1) is 0 Å². The maximum absolute atomic E-state index is 7.64. The standard InChI is InChI=1S/C32H47BN2O3Si/c1-9-31-23-25-24-34-35(27-16-14-13-15-17-27)28(25)22-26(31)18-19-32(31,38-39(10-2,11-3)12-4)20-21-33-36-29(5,6)30(7,8)37-33/h13-17,20-22,24H,9-12,18-19,23H2,1-8H3/t31-,32+/m0/s1. The van der Waals surface area contributed by atoms with Gasteiger partial charge in [0.2, 0.25) is 0 Å². The van der Waals surface area contributed by atoms with Crippen molar-refractivity contribution in [2.24, 2.45) is 5.41 Å². The van der Waals surface area contributed by atoms with E-state index in [1.165, 1.54) is 16.8 Å². The van der Waals surface area contributed by atoms with Crippen molar-refractivity contribution >= 4 is 21.5 Å². The topological polar surface area (TPSA) is 45.5 Å². The highest BCUT2D eigenvalue weighted by Gasteiger charge is 2.60. The lowest BCUT2D eigenvalue weighted by atomic mass is 9.63. The summed E-state index contributed by atoms with van der Waals surface area (Å²) in [6, 6.07) is 13.9. The lowest BCUT2D eigenvalue weighted by Gasteiger charge is -2.50. The van der Waals surface area contributed by atoms with Crippen LogP contribution in [0.25, 0.3) is 11.8 Å². The van der Waals surface area contributed by atoms with Crippen molar-refractivity contribution in [3.63, 3.8) is 0 Å². The van der Waals surface area contributed by atoms with Gasteiger partial charge in [0.1, 0.15) is 0 Å². The summed E-state index contributed by atoms with van der Waals surface area (Å²) in [5.41, 5.74) is 3.91. The summed E-state index contributed by atoms with van der Waals surface area (Å²) in [5.74, 6) is 2.17. The summed E-state index contributed by atoms with van der Waals surface area (Å²) in [7, 11) is -2.32. The van der Waals surface area contributed by atoms with E-state index in [-0.39, 0.29) is 23.7 Å². The Hall–Kier alpha value is -1.93. The quantitative estimate of drug-likeness (QED) is 0.300. The number of benzene rings is 1. The summed E-state index contributed by atoms with van der Waals surface area (Å²) >= 11 is 0. The molecule has 5 rings (SSSR count). The number of nitrogens with zero attached hydrogens (tertiary/aromatic N) is 2. The number of hydrogen-bond donors (Lipinski definition) is 0. The molecule has 5 nitrogen and oxygen atoms in total. The van der Waals surface area contributed by atoms with Crippen molar-refractivity contribution in [3.8, 4) is 5.69 Å². The zero-order valence-electron chi connectivity index (χ0n) is 25.3. The smallest absolute Gasteiger partial charge is 0.407 e.